The molecule has 0 atom stereocenters. The summed E-state index contributed by atoms with van der Waals surface area (Å²) in [4.78, 5) is 4.57. The Bertz CT molecular complexity index is 760. The van der Waals surface area contributed by atoms with Gasteiger partial charge in [-0.05, 0) is 37.1 Å². The summed E-state index contributed by atoms with van der Waals surface area (Å²) in [5, 5.41) is 1.04. The van der Waals surface area contributed by atoms with E-state index >= 15 is 0 Å². The first-order valence-corrected chi connectivity index (χ1v) is 6.38. The third kappa shape index (κ3) is 2.06. The molecule has 0 spiro atoms. The molecular formula is C17H16N2. The molecule has 0 bridgehead atoms. The van der Waals surface area contributed by atoms with Gasteiger partial charge in [0.05, 0.1) is 5.52 Å². The fourth-order valence-corrected chi connectivity index (χ4v) is 2.51. The third-order valence-electron chi connectivity index (χ3n) is 3.32. The Kier molecular flexibility index (Phi) is 2.71. The summed E-state index contributed by atoms with van der Waals surface area (Å²) in [7, 11) is 0. The highest BCUT2D eigenvalue weighted by Gasteiger charge is 2.08. The van der Waals surface area contributed by atoms with E-state index in [9.17, 15) is 0 Å². The number of nitrogens with zero attached hydrogens (tertiary/aromatic N) is 1. The van der Waals surface area contributed by atoms with Crippen molar-refractivity contribution in [1.29, 1.82) is 0 Å². The number of aryl methyl sites for hydroxylation is 2. The molecule has 19 heavy (non-hydrogen) atoms. The van der Waals surface area contributed by atoms with Gasteiger partial charge in [-0.1, -0.05) is 42.0 Å². The summed E-state index contributed by atoms with van der Waals surface area (Å²) in [6, 6.07) is 16.5. The zero-order valence-corrected chi connectivity index (χ0v) is 11.1. The van der Waals surface area contributed by atoms with Crippen molar-refractivity contribution in [3.63, 3.8) is 0 Å². The van der Waals surface area contributed by atoms with Crippen LogP contribution in [0.2, 0.25) is 0 Å². The topological polar surface area (TPSA) is 38.9 Å². The SMILES string of the molecule is Cc1cccc(-c2cccc3nc(C)cc(N)c23)c1. The van der Waals surface area contributed by atoms with Crippen molar-refractivity contribution in [2.75, 3.05) is 5.73 Å². The van der Waals surface area contributed by atoms with Gasteiger partial charge in [-0.3, -0.25) is 4.98 Å². The lowest BCUT2D eigenvalue weighted by molar-refractivity contribution is 1.26. The fourth-order valence-electron chi connectivity index (χ4n) is 2.51. The van der Waals surface area contributed by atoms with Crippen LogP contribution < -0.4 is 5.73 Å². The van der Waals surface area contributed by atoms with Crippen LogP contribution in [0, 0.1) is 13.8 Å². The number of nitrogen functional groups attached to an aromatic ring is 1. The number of hydrogen-bond donors (Lipinski definition) is 1. The second kappa shape index (κ2) is 4.39. The zero-order chi connectivity index (χ0) is 13.4. The molecule has 2 N–H and O–H groups in total. The van der Waals surface area contributed by atoms with Crippen molar-refractivity contribution in [2.24, 2.45) is 0 Å². The smallest absolute Gasteiger partial charge is 0.0732 e. The van der Waals surface area contributed by atoms with Gasteiger partial charge in [0, 0.05) is 16.8 Å². The molecule has 3 aromatic rings. The molecule has 0 saturated heterocycles. The highest BCUT2D eigenvalue weighted by atomic mass is 14.7. The average Bonchev–Trinajstić information content (AvgIpc) is 2.37. The predicted molar refractivity (Wildman–Crippen MR) is 81.1 cm³/mol. The van der Waals surface area contributed by atoms with Crippen molar-refractivity contribution in [2.45, 2.75) is 13.8 Å². The van der Waals surface area contributed by atoms with E-state index in [2.05, 4.69) is 42.2 Å². The number of rotatable bonds is 1. The van der Waals surface area contributed by atoms with Gasteiger partial charge in [0.15, 0.2) is 0 Å². The first kappa shape index (κ1) is 11.7. The molecular weight excluding hydrogens is 232 g/mol. The first-order chi connectivity index (χ1) is 9.15. The van der Waals surface area contributed by atoms with Gasteiger partial charge in [0.1, 0.15) is 0 Å². The van der Waals surface area contributed by atoms with Gasteiger partial charge in [0.25, 0.3) is 0 Å². The van der Waals surface area contributed by atoms with Gasteiger partial charge >= 0.3 is 0 Å². The maximum atomic E-state index is 6.19. The van der Waals surface area contributed by atoms with Gasteiger partial charge in [-0.25, -0.2) is 0 Å². The monoisotopic (exact) mass is 248 g/mol. The molecule has 2 aromatic carbocycles. The van der Waals surface area contributed by atoms with Crippen LogP contribution in [0.5, 0.6) is 0 Å². The lowest BCUT2D eigenvalue weighted by Crippen LogP contribution is -1.94. The minimum Gasteiger partial charge on any atom is -0.398 e. The summed E-state index contributed by atoms with van der Waals surface area (Å²) >= 11 is 0. The van der Waals surface area contributed by atoms with Crippen molar-refractivity contribution >= 4 is 16.6 Å². The largest absolute Gasteiger partial charge is 0.398 e. The van der Waals surface area contributed by atoms with Crippen LogP contribution in [0.15, 0.2) is 48.5 Å². The number of pyridine rings is 1. The number of hydrogen-bond acceptors (Lipinski definition) is 2. The molecule has 0 unspecified atom stereocenters. The Morgan fingerprint density at radius 1 is 0.947 bits per heavy atom. The van der Waals surface area contributed by atoms with Gasteiger partial charge < -0.3 is 5.73 Å². The second-order valence-electron chi connectivity index (χ2n) is 4.92. The molecule has 3 rings (SSSR count). The van der Waals surface area contributed by atoms with Crippen LogP contribution in [-0.4, -0.2) is 4.98 Å². The van der Waals surface area contributed by atoms with E-state index in [1.807, 2.05) is 25.1 Å². The zero-order valence-electron chi connectivity index (χ0n) is 11.1. The fraction of sp³-hybridized carbons (Fsp3) is 0.118. The third-order valence-corrected chi connectivity index (χ3v) is 3.32. The maximum Gasteiger partial charge on any atom is 0.0732 e. The van der Waals surface area contributed by atoms with Gasteiger partial charge in [-0.2, -0.15) is 0 Å². The van der Waals surface area contributed by atoms with Crippen molar-refractivity contribution in [3.8, 4) is 11.1 Å². The Morgan fingerprint density at radius 3 is 2.53 bits per heavy atom. The first-order valence-electron chi connectivity index (χ1n) is 6.38. The molecule has 0 aliphatic rings. The molecule has 1 heterocycles. The van der Waals surface area contributed by atoms with Crippen LogP contribution in [-0.2, 0) is 0 Å². The summed E-state index contributed by atoms with van der Waals surface area (Å²) in [5.74, 6) is 0. The Labute approximate surface area is 112 Å². The highest BCUT2D eigenvalue weighted by molar-refractivity contribution is 6.02. The standard InChI is InChI=1S/C17H16N2/c1-11-5-3-6-13(9-11)14-7-4-8-16-17(14)15(18)10-12(2)19-16/h3-10H,1-2H3,(H2,18,19). The van der Waals surface area contributed by atoms with Crippen LogP contribution in [0.3, 0.4) is 0 Å². The maximum absolute atomic E-state index is 6.19. The molecule has 0 radical (unpaired) electrons. The number of benzene rings is 2. The molecule has 0 fully saturated rings. The summed E-state index contributed by atoms with van der Waals surface area (Å²) < 4.78 is 0. The quantitative estimate of drug-likeness (QED) is 0.704. The normalized spacial score (nSPS) is 10.8. The molecule has 94 valence electrons. The van der Waals surface area contributed by atoms with Gasteiger partial charge in [-0.15, -0.1) is 0 Å². The second-order valence-corrected chi connectivity index (χ2v) is 4.92. The summed E-state index contributed by atoms with van der Waals surface area (Å²) in [6.07, 6.45) is 0. The molecule has 0 saturated carbocycles. The Morgan fingerprint density at radius 2 is 1.74 bits per heavy atom. The minimum atomic E-state index is 0.791. The lowest BCUT2D eigenvalue weighted by atomic mass is 9.98. The van der Waals surface area contributed by atoms with E-state index < -0.39 is 0 Å². The summed E-state index contributed by atoms with van der Waals surface area (Å²) in [6.45, 7) is 4.07. The van der Waals surface area contributed by atoms with E-state index in [1.54, 1.807) is 0 Å². The van der Waals surface area contributed by atoms with Crippen LogP contribution >= 0.6 is 0 Å². The predicted octanol–water partition coefficient (Wildman–Crippen LogP) is 4.10. The molecule has 0 aliphatic heterocycles. The van der Waals surface area contributed by atoms with Crippen molar-refractivity contribution < 1.29 is 0 Å². The van der Waals surface area contributed by atoms with Crippen molar-refractivity contribution in [1.82, 2.24) is 4.98 Å². The van der Waals surface area contributed by atoms with E-state index in [1.165, 1.54) is 11.1 Å². The average molecular weight is 248 g/mol. The molecule has 0 aliphatic carbocycles. The summed E-state index contributed by atoms with van der Waals surface area (Å²) in [5.41, 5.74) is 12.5. The molecule has 0 amide bonds. The van der Waals surface area contributed by atoms with Gasteiger partial charge in [0.2, 0.25) is 0 Å². The Balaban J connectivity index is 2.36. The van der Waals surface area contributed by atoms with E-state index in [0.29, 0.717) is 0 Å². The number of aromatic nitrogens is 1. The molecule has 2 heteroatoms. The van der Waals surface area contributed by atoms with Crippen LogP contribution in [0.4, 0.5) is 5.69 Å². The lowest BCUT2D eigenvalue weighted by Gasteiger charge is -2.10. The number of anilines is 1. The number of nitrogens with two attached hydrogens (primary N) is 1. The van der Waals surface area contributed by atoms with Crippen LogP contribution in [0.25, 0.3) is 22.0 Å². The van der Waals surface area contributed by atoms with Crippen LogP contribution in [0.1, 0.15) is 11.3 Å². The molecule has 2 nitrogen and oxygen atoms in total. The number of fused-ring (bicyclic) bond motifs is 1. The van der Waals surface area contributed by atoms with Crippen molar-refractivity contribution in [3.05, 3.63) is 59.8 Å². The Hall–Kier alpha value is -2.35. The van der Waals surface area contributed by atoms with E-state index in [4.69, 9.17) is 5.73 Å². The minimum absolute atomic E-state index is 0.791. The van der Waals surface area contributed by atoms with E-state index in [-0.39, 0.29) is 0 Å². The molecule has 1 aromatic heterocycles. The highest BCUT2D eigenvalue weighted by Crippen LogP contribution is 2.32. The van der Waals surface area contributed by atoms with E-state index in [0.717, 1.165) is 27.8 Å².